The molecule has 0 fully saturated rings. The van der Waals surface area contributed by atoms with Gasteiger partial charge in [0.15, 0.2) is 0 Å². The number of halogens is 1. The van der Waals surface area contributed by atoms with E-state index in [-0.39, 0.29) is 5.82 Å². The minimum Gasteiger partial charge on any atom is -0.354 e. The van der Waals surface area contributed by atoms with E-state index in [4.69, 9.17) is 0 Å². The third-order valence-corrected chi connectivity index (χ3v) is 2.13. The predicted molar refractivity (Wildman–Crippen MR) is 65.9 cm³/mol. The van der Waals surface area contributed by atoms with Crippen LogP contribution in [0.3, 0.4) is 0 Å². The Labute approximate surface area is 98.9 Å². The van der Waals surface area contributed by atoms with Crippen LogP contribution in [0.15, 0.2) is 36.5 Å². The summed E-state index contributed by atoms with van der Waals surface area (Å²) in [6, 6.07) is 8.15. The number of benzene rings is 1. The Hall–Kier alpha value is -2.17. The number of anilines is 3. The van der Waals surface area contributed by atoms with E-state index in [0.717, 1.165) is 6.54 Å². The van der Waals surface area contributed by atoms with E-state index < -0.39 is 0 Å². The molecule has 0 aliphatic carbocycles. The van der Waals surface area contributed by atoms with Gasteiger partial charge in [-0.15, -0.1) is 0 Å². The Bertz CT molecular complexity index is 501. The van der Waals surface area contributed by atoms with E-state index in [9.17, 15) is 4.39 Å². The molecule has 17 heavy (non-hydrogen) atoms. The fourth-order valence-corrected chi connectivity index (χ4v) is 1.37. The lowest BCUT2D eigenvalue weighted by Crippen LogP contribution is -2.04. The second-order valence-corrected chi connectivity index (χ2v) is 3.40. The summed E-state index contributed by atoms with van der Waals surface area (Å²) in [7, 11) is 0. The van der Waals surface area contributed by atoms with Gasteiger partial charge in [-0.2, -0.15) is 4.98 Å². The van der Waals surface area contributed by atoms with Gasteiger partial charge in [0.2, 0.25) is 5.95 Å². The van der Waals surface area contributed by atoms with Gasteiger partial charge in [0.05, 0.1) is 5.69 Å². The van der Waals surface area contributed by atoms with Crippen LogP contribution in [0.4, 0.5) is 21.8 Å². The predicted octanol–water partition coefficient (Wildman–Crippen LogP) is 2.79. The molecule has 1 aromatic carbocycles. The smallest absolute Gasteiger partial charge is 0.224 e. The Morgan fingerprint density at radius 3 is 2.82 bits per heavy atom. The van der Waals surface area contributed by atoms with Crippen molar-refractivity contribution in [2.45, 2.75) is 6.92 Å². The van der Waals surface area contributed by atoms with Crippen LogP contribution < -0.4 is 10.6 Å². The first-order chi connectivity index (χ1) is 8.29. The molecule has 0 aliphatic rings. The average molecular weight is 232 g/mol. The number of rotatable bonds is 4. The summed E-state index contributed by atoms with van der Waals surface area (Å²) >= 11 is 0. The van der Waals surface area contributed by atoms with Crippen molar-refractivity contribution in [2.24, 2.45) is 0 Å². The molecule has 0 atom stereocenters. The van der Waals surface area contributed by atoms with Crippen molar-refractivity contribution in [3.63, 3.8) is 0 Å². The Morgan fingerprint density at radius 1 is 1.24 bits per heavy atom. The highest BCUT2D eigenvalue weighted by molar-refractivity contribution is 5.57. The summed E-state index contributed by atoms with van der Waals surface area (Å²) in [5, 5.41) is 5.90. The van der Waals surface area contributed by atoms with Gasteiger partial charge in [-0.05, 0) is 25.1 Å². The quantitative estimate of drug-likeness (QED) is 0.851. The fourth-order valence-electron chi connectivity index (χ4n) is 1.37. The topological polar surface area (TPSA) is 49.8 Å². The lowest BCUT2D eigenvalue weighted by atomic mass is 10.3. The lowest BCUT2D eigenvalue weighted by molar-refractivity contribution is 0.632. The number of aromatic nitrogens is 2. The molecule has 2 aromatic rings. The van der Waals surface area contributed by atoms with Crippen molar-refractivity contribution in [1.29, 1.82) is 0 Å². The molecule has 1 aromatic heterocycles. The van der Waals surface area contributed by atoms with Gasteiger partial charge in [0.25, 0.3) is 0 Å². The second kappa shape index (κ2) is 5.25. The monoisotopic (exact) mass is 232 g/mol. The average Bonchev–Trinajstić information content (AvgIpc) is 2.33. The molecule has 0 amide bonds. The molecule has 0 radical (unpaired) electrons. The third-order valence-electron chi connectivity index (χ3n) is 2.13. The van der Waals surface area contributed by atoms with Crippen LogP contribution in [0.2, 0.25) is 0 Å². The summed E-state index contributed by atoms with van der Waals surface area (Å²) in [4.78, 5) is 8.24. The SMILES string of the molecule is CCNc1nccc(Nc2ccccc2F)n1. The van der Waals surface area contributed by atoms with Crippen molar-refractivity contribution >= 4 is 17.5 Å². The second-order valence-electron chi connectivity index (χ2n) is 3.40. The highest BCUT2D eigenvalue weighted by Gasteiger charge is 2.02. The molecule has 2 N–H and O–H groups in total. The Kier molecular flexibility index (Phi) is 3.49. The molecule has 88 valence electrons. The number of hydrogen-bond donors (Lipinski definition) is 2. The van der Waals surface area contributed by atoms with Gasteiger partial charge >= 0.3 is 0 Å². The molecule has 5 heteroatoms. The number of para-hydroxylation sites is 1. The van der Waals surface area contributed by atoms with Crippen LogP contribution >= 0.6 is 0 Å². The first-order valence-electron chi connectivity index (χ1n) is 5.38. The van der Waals surface area contributed by atoms with E-state index in [0.29, 0.717) is 17.5 Å². The summed E-state index contributed by atoms with van der Waals surface area (Å²) in [6.45, 7) is 2.70. The maximum atomic E-state index is 13.4. The molecule has 0 bridgehead atoms. The lowest BCUT2D eigenvalue weighted by Gasteiger charge is -2.07. The van der Waals surface area contributed by atoms with Gasteiger partial charge in [-0.3, -0.25) is 0 Å². The first kappa shape index (κ1) is 11.3. The summed E-state index contributed by atoms with van der Waals surface area (Å²) in [6.07, 6.45) is 1.62. The molecule has 0 saturated carbocycles. The van der Waals surface area contributed by atoms with Gasteiger partial charge in [-0.25, -0.2) is 9.37 Å². The highest BCUT2D eigenvalue weighted by atomic mass is 19.1. The molecule has 1 heterocycles. The Morgan fingerprint density at radius 2 is 2.06 bits per heavy atom. The van der Waals surface area contributed by atoms with Crippen molar-refractivity contribution in [2.75, 3.05) is 17.2 Å². The molecule has 0 spiro atoms. The van der Waals surface area contributed by atoms with Gasteiger partial charge in [0.1, 0.15) is 11.6 Å². The normalized spacial score (nSPS) is 10.0. The fraction of sp³-hybridized carbons (Fsp3) is 0.167. The number of hydrogen-bond acceptors (Lipinski definition) is 4. The van der Waals surface area contributed by atoms with Gasteiger partial charge < -0.3 is 10.6 Å². The van der Waals surface area contributed by atoms with Crippen LogP contribution in [0.25, 0.3) is 0 Å². The molecule has 2 rings (SSSR count). The maximum absolute atomic E-state index is 13.4. The van der Waals surface area contributed by atoms with Gasteiger partial charge in [0, 0.05) is 12.7 Å². The zero-order valence-electron chi connectivity index (χ0n) is 9.44. The summed E-state index contributed by atoms with van der Waals surface area (Å²) < 4.78 is 13.4. The Balaban J connectivity index is 2.18. The van der Waals surface area contributed by atoms with Crippen LogP contribution in [-0.2, 0) is 0 Å². The number of nitrogens with zero attached hydrogens (tertiary/aromatic N) is 2. The third kappa shape index (κ3) is 2.90. The van der Waals surface area contributed by atoms with Crippen LogP contribution in [0.1, 0.15) is 6.92 Å². The first-order valence-corrected chi connectivity index (χ1v) is 5.38. The van der Waals surface area contributed by atoms with E-state index in [2.05, 4.69) is 20.6 Å². The van der Waals surface area contributed by atoms with Crippen molar-refractivity contribution in [3.05, 3.63) is 42.3 Å². The largest absolute Gasteiger partial charge is 0.354 e. The van der Waals surface area contributed by atoms with Crippen LogP contribution in [-0.4, -0.2) is 16.5 Å². The standard InChI is InChI=1S/C12H13FN4/c1-2-14-12-15-8-7-11(17-12)16-10-6-4-3-5-9(10)13/h3-8H,2H2,1H3,(H2,14,15,16,17). The molecular formula is C12H13FN4. The number of nitrogens with one attached hydrogen (secondary N) is 2. The molecular weight excluding hydrogens is 219 g/mol. The van der Waals surface area contributed by atoms with Crippen molar-refractivity contribution < 1.29 is 4.39 Å². The minimum absolute atomic E-state index is 0.309. The zero-order chi connectivity index (χ0) is 12.1. The maximum Gasteiger partial charge on any atom is 0.224 e. The molecule has 0 aliphatic heterocycles. The van der Waals surface area contributed by atoms with Crippen molar-refractivity contribution in [1.82, 2.24) is 9.97 Å². The summed E-state index contributed by atoms with van der Waals surface area (Å²) in [5.74, 6) is 0.769. The van der Waals surface area contributed by atoms with Crippen molar-refractivity contribution in [3.8, 4) is 0 Å². The van der Waals surface area contributed by atoms with Crippen LogP contribution in [0.5, 0.6) is 0 Å². The molecule has 4 nitrogen and oxygen atoms in total. The highest BCUT2D eigenvalue weighted by Crippen LogP contribution is 2.18. The summed E-state index contributed by atoms with van der Waals surface area (Å²) in [5.41, 5.74) is 0.397. The van der Waals surface area contributed by atoms with E-state index in [1.165, 1.54) is 6.07 Å². The van der Waals surface area contributed by atoms with Gasteiger partial charge in [-0.1, -0.05) is 12.1 Å². The minimum atomic E-state index is -0.309. The molecule has 0 saturated heterocycles. The molecule has 0 unspecified atom stereocenters. The van der Waals surface area contributed by atoms with E-state index in [1.807, 2.05) is 6.92 Å². The van der Waals surface area contributed by atoms with E-state index >= 15 is 0 Å². The zero-order valence-corrected chi connectivity index (χ0v) is 9.44. The van der Waals surface area contributed by atoms with Crippen LogP contribution in [0, 0.1) is 5.82 Å². The van der Waals surface area contributed by atoms with E-state index in [1.54, 1.807) is 30.5 Å².